The summed E-state index contributed by atoms with van der Waals surface area (Å²) in [6, 6.07) is 3.86. The summed E-state index contributed by atoms with van der Waals surface area (Å²) in [4.78, 5) is 3.94. The Morgan fingerprint density at radius 3 is 3.00 bits per heavy atom. The van der Waals surface area contributed by atoms with Gasteiger partial charge in [0.2, 0.25) is 0 Å². The van der Waals surface area contributed by atoms with Crippen LogP contribution in [0.4, 0.5) is 5.82 Å². The topological polar surface area (TPSA) is 64.7 Å². The number of hydrogen-bond donors (Lipinski definition) is 1. The molecule has 0 radical (unpaired) electrons. The predicted octanol–water partition coefficient (Wildman–Crippen LogP) is 1.30. The van der Waals surface area contributed by atoms with E-state index in [1.54, 1.807) is 6.20 Å². The van der Waals surface area contributed by atoms with Gasteiger partial charge in [0.05, 0.1) is 5.69 Å². The lowest BCUT2D eigenvalue weighted by molar-refractivity contribution is 0.895. The maximum Gasteiger partial charge on any atom is 0.123 e. The van der Waals surface area contributed by atoms with Gasteiger partial charge in [0.15, 0.2) is 0 Å². The quantitative estimate of drug-likeness (QED) is 0.822. The third-order valence-corrected chi connectivity index (χ3v) is 2.47. The van der Waals surface area contributed by atoms with Crippen molar-refractivity contribution in [2.24, 2.45) is 0 Å². The fourth-order valence-electron chi connectivity index (χ4n) is 1.22. The molecule has 2 rings (SSSR count). The molecule has 0 unspecified atom stereocenters. The number of pyridine rings is 1. The number of hydrogen-bond acceptors (Lipinski definition) is 5. The second-order valence-corrected chi connectivity index (χ2v) is 3.60. The highest BCUT2D eigenvalue weighted by atomic mass is 32.1. The van der Waals surface area contributed by atoms with E-state index in [2.05, 4.69) is 14.6 Å². The molecule has 0 aromatic carbocycles. The predicted molar refractivity (Wildman–Crippen MR) is 56.0 cm³/mol. The van der Waals surface area contributed by atoms with Gasteiger partial charge in [-0.05, 0) is 42.1 Å². The Hall–Kier alpha value is -1.49. The van der Waals surface area contributed by atoms with E-state index in [0.29, 0.717) is 5.82 Å². The second kappa shape index (κ2) is 4.15. The lowest BCUT2D eigenvalue weighted by atomic mass is 10.1. The van der Waals surface area contributed by atoms with E-state index in [-0.39, 0.29) is 0 Å². The molecule has 0 aliphatic rings. The largest absolute Gasteiger partial charge is 0.384 e. The molecule has 0 bridgehead atoms. The molecule has 0 amide bonds. The van der Waals surface area contributed by atoms with E-state index in [0.717, 1.165) is 18.5 Å². The van der Waals surface area contributed by atoms with Crippen LogP contribution in [0.25, 0.3) is 0 Å². The van der Waals surface area contributed by atoms with Gasteiger partial charge in [-0.1, -0.05) is 4.49 Å². The highest BCUT2D eigenvalue weighted by Crippen LogP contribution is 2.07. The zero-order valence-electron chi connectivity index (χ0n) is 7.55. The third-order valence-electron chi connectivity index (χ3n) is 1.92. The lowest BCUT2D eigenvalue weighted by Gasteiger charge is -1.99. The highest BCUT2D eigenvalue weighted by molar-refractivity contribution is 7.03. The summed E-state index contributed by atoms with van der Waals surface area (Å²) in [6.45, 7) is 0. The van der Waals surface area contributed by atoms with Gasteiger partial charge in [-0.3, -0.25) is 0 Å². The van der Waals surface area contributed by atoms with Crippen LogP contribution in [0.5, 0.6) is 0 Å². The number of aromatic nitrogens is 3. The molecule has 72 valence electrons. The fraction of sp³-hybridized carbons (Fsp3) is 0.222. The van der Waals surface area contributed by atoms with E-state index < -0.39 is 0 Å². The highest BCUT2D eigenvalue weighted by Gasteiger charge is 1.98. The van der Waals surface area contributed by atoms with Crippen molar-refractivity contribution in [1.82, 2.24) is 14.6 Å². The van der Waals surface area contributed by atoms with Crippen molar-refractivity contribution in [1.29, 1.82) is 0 Å². The summed E-state index contributed by atoms with van der Waals surface area (Å²) in [5.41, 5.74) is 7.79. The number of rotatable bonds is 3. The van der Waals surface area contributed by atoms with Crippen LogP contribution in [0.2, 0.25) is 0 Å². The molecule has 0 fully saturated rings. The van der Waals surface area contributed by atoms with Crippen LogP contribution in [0, 0.1) is 0 Å². The van der Waals surface area contributed by atoms with Gasteiger partial charge in [-0.15, -0.1) is 5.10 Å². The third kappa shape index (κ3) is 2.26. The summed E-state index contributed by atoms with van der Waals surface area (Å²) in [5.74, 6) is 0.568. The van der Waals surface area contributed by atoms with Crippen LogP contribution < -0.4 is 5.73 Å². The minimum atomic E-state index is 0.568. The second-order valence-electron chi connectivity index (χ2n) is 2.99. The van der Waals surface area contributed by atoms with Gasteiger partial charge in [-0.2, -0.15) is 0 Å². The molecule has 0 saturated carbocycles. The van der Waals surface area contributed by atoms with E-state index in [9.17, 15) is 0 Å². The van der Waals surface area contributed by atoms with Crippen LogP contribution in [-0.2, 0) is 12.8 Å². The normalized spacial score (nSPS) is 10.3. The maximum atomic E-state index is 5.57. The average Bonchev–Trinajstić information content (AvgIpc) is 2.67. The number of nitrogen functional groups attached to an aromatic ring is 1. The van der Waals surface area contributed by atoms with Gasteiger partial charge in [0.1, 0.15) is 5.82 Å². The molecule has 2 N–H and O–H groups in total. The van der Waals surface area contributed by atoms with Gasteiger partial charge < -0.3 is 5.73 Å². The number of aryl methyl sites for hydroxylation is 2. The fourth-order valence-corrected chi connectivity index (χ4v) is 1.70. The van der Waals surface area contributed by atoms with Crippen molar-refractivity contribution in [3.63, 3.8) is 0 Å². The van der Waals surface area contributed by atoms with Crippen LogP contribution in [0.1, 0.15) is 11.3 Å². The summed E-state index contributed by atoms with van der Waals surface area (Å²) in [5, 5.41) is 5.94. The summed E-state index contributed by atoms with van der Waals surface area (Å²) < 4.78 is 3.81. The molecular formula is C9H10N4S. The summed E-state index contributed by atoms with van der Waals surface area (Å²) >= 11 is 1.38. The maximum absolute atomic E-state index is 5.57. The molecule has 0 atom stereocenters. The molecular weight excluding hydrogens is 196 g/mol. The Balaban J connectivity index is 1.98. The molecule has 4 nitrogen and oxygen atoms in total. The SMILES string of the molecule is Nc1cc(CCc2csnn2)ccn1. The number of nitrogens with two attached hydrogens (primary N) is 1. The zero-order valence-corrected chi connectivity index (χ0v) is 8.37. The Bertz CT molecular complexity index is 399. The minimum Gasteiger partial charge on any atom is -0.384 e. The summed E-state index contributed by atoms with van der Waals surface area (Å²) in [6.07, 6.45) is 3.56. The average molecular weight is 206 g/mol. The monoisotopic (exact) mass is 206 g/mol. The van der Waals surface area contributed by atoms with E-state index in [1.165, 1.54) is 17.1 Å². The first-order chi connectivity index (χ1) is 6.84. The first-order valence-corrected chi connectivity index (χ1v) is 5.14. The van der Waals surface area contributed by atoms with Crippen molar-refractivity contribution in [2.45, 2.75) is 12.8 Å². The van der Waals surface area contributed by atoms with E-state index in [1.807, 2.05) is 17.5 Å². The van der Waals surface area contributed by atoms with E-state index in [4.69, 9.17) is 5.73 Å². The smallest absolute Gasteiger partial charge is 0.123 e. The molecule has 0 aliphatic heterocycles. The number of anilines is 1. The summed E-state index contributed by atoms with van der Waals surface area (Å²) in [7, 11) is 0. The molecule has 5 heteroatoms. The molecule has 14 heavy (non-hydrogen) atoms. The molecule has 0 saturated heterocycles. The first-order valence-electron chi connectivity index (χ1n) is 4.31. The molecule has 2 aromatic heterocycles. The van der Waals surface area contributed by atoms with Gasteiger partial charge in [0.25, 0.3) is 0 Å². The van der Waals surface area contributed by atoms with Crippen molar-refractivity contribution in [3.05, 3.63) is 35.0 Å². The molecule has 0 spiro atoms. The zero-order chi connectivity index (χ0) is 9.80. The van der Waals surface area contributed by atoms with Crippen LogP contribution in [0.3, 0.4) is 0 Å². The Labute approximate surface area is 86.0 Å². The number of nitrogens with zero attached hydrogens (tertiary/aromatic N) is 3. The Morgan fingerprint density at radius 1 is 1.36 bits per heavy atom. The van der Waals surface area contributed by atoms with Crippen molar-refractivity contribution < 1.29 is 0 Å². The minimum absolute atomic E-state index is 0.568. The molecule has 2 heterocycles. The van der Waals surface area contributed by atoms with Crippen molar-refractivity contribution in [2.75, 3.05) is 5.73 Å². The van der Waals surface area contributed by atoms with E-state index >= 15 is 0 Å². The van der Waals surface area contributed by atoms with Crippen LogP contribution >= 0.6 is 11.5 Å². The first kappa shape index (κ1) is 9.08. The van der Waals surface area contributed by atoms with Crippen LogP contribution in [0.15, 0.2) is 23.7 Å². The van der Waals surface area contributed by atoms with Crippen molar-refractivity contribution in [3.8, 4) is 0 Å². The van der Waals surface area contributed by atoms with Gasteiger partial charge in [-0.25, -0.2) is 4.98 Å². The standard InChI is InChI=1S/C9H10N4S/c10-9-5-7(3-4-11-9)1-2-8-6-14-13-12-8/h3-6H,1-2H2,(H2,10,11). The lowest BCUT2D eigenvalue weighted by Crippen LogP contribution is -1.95. The Kier molecular flexibility index (Phi) is 2.69. The Morgan fingerprint density at radius 2 is 2.29 bits per heavy atom. The van der Waals surface area contributed by atoms with Gasteiger partial charge >= 0.3 is 0 Å². The molecule has 0 aliphatic carbocycles. The van der Waals surface area contributed by atoms with Gasteiger partial charge in [0, 0.05) is 11.6 Å². The molecule has 2 aromatic rings. The van der Waals surface area contributed by atoms with Crippen LogP contribution in [-0.4, -0.2) is 14.6 Å². The van der Waals surface area contributed by atoms with Crippen molar-refractivity contribution >= 4 is 17.4 Å².